The van der Waals surface area contributed by atoms with Crippen molar-refractivity contribution in [1.29, 1.82) is 0 Å². The summed E-state index contributed by atoms with van der Waals surface area (Å²) in [4.78, 5) is 24.9. The number of hydrogen-bond donors (Lipinski definition) is 0. The Morgan fingerprint density at radius 2 is 0.230 bits per heavy atom. The third kappa shape index (κ3) is 13.6. The third-order valence-electron chi connectivity index (χ3n) is 17.9. The van der Waals surface area contributed by atoms with Crippen LogP contribution in [0.5, 0.6) is 0 Å². The fourth-order valence-electron chi connectivity index (χ4n) is 13.6. The average molecular weight is 1470 g/mol. The maximum Gasteiger partial charge on any atom is 0.0359 e. The van der Waals surface area contributed by atoms with Gasteiger partial charge in [0.05, 0.1) is 0 Å². The molecule has 0 nitrogen and oxygen atoms in total. The molecule has 16 rings (SSSR count). The molecule has 0 aliphatic heterocycles. The fraction of sp³-hybridized carbons (Fsp3) is 0.111. The van der Waals surface area contributed by atoms with Gasteiger partial charge in [-0.1, -0.05) is 295 Å². The second kappa shape index (κ2) is 28.7. The highest BCUT2D eigenvalue weighted by atomic mass is 32.2. The normalized spacial score (nSPS) is 11.9. The first kappa shape index (κ1) is 67.6. The van der Waals surface area contributed by atoms with E-state index in [1.54, 1.807) is 0 Å². The summed E-state index contributed by atoms with van der Waals surface area (Å²) >= 11 is 19.6. The summed E-state index contributed by atoms with van der Waals surface area (Å²) in [6.07, 6.45) is 0. The summed E-state index contributed by atoms with van der Waals surface area (Å²) < 4.78 is 0. The summed E-state index contributed by atoms with van der Waals surface area (Å²) in [6, 6.07) is 92.5. The van der Waals surface area contributed by atoms with Gasteiger partial charge in [-0.15, -0.1) is 0 Å². The maximum atomic E-state index is 2.41. The minimum atomic E-state index is 1.21. The predicted octanol–water partition coefficient (Wildman–Crippen LogP) is 30.4. The number of benzene rings is 15. The molecule has 0 saturated carbocycles. The molecule has 490 valence electrons. The van der Waals surface area contributed by atoms with Gasteiger partial charge >= 0.3 is 0 Å². The summed E-state index contributed by atoms with van der Waals surface area (Å²) in [7, 11) is 0. The zero-order valence-corrected chi connectivity index (χ0v) is 65.3. The van der Waals surface area contributed by atoms with Gasteiger partial charge in [-0.25, -0.2) is 0 Å². The molecular formula is C90H70S10. The zero-order valence-electron chi connectivity index (χ0n) is 57.2. The first-order chi connectivity index (χ1) is 48.6. The van der Waals surface area contributed by atoms with E-state index in [2.05, 4.69) is 312 Å². The van der Waals surface area contributed by atoms with Crippen LogP contribution in [0.2, 0.25) is 0 Å². The number of rotatable bonds is 20. The molecule has 0 atom stereocenters. The Kier molecular flexibility index (Phi) is 19.4. The van der Waals surface area contributed by atoms with Crippen LogP contribution >= 0.6 is 118 Å². The highest BCUT2D eigenvalue weighted by Gasteiger charge is 2.39. The van der Waals surface area contributed by atoms with Crippen molar-refractivity contribution in [2.45, 2.75) is 167 Å². The Hall–Kier alpha value is -6.90. The van der Waals surface area contributed by atoms with Gasteiger partial charge in [-0.05, 0) is 191 Å². The van der Waals surface area contributed by atoms with Gasteiger partial charge in [0.25, 0.3) is 0 Å². The SMILES string of the molecule is Cc1cccc(Sc2c(Sc3cccc(C)c3)c3c(Sc4cccc(C)c4)c(Sc4cccc(C)c4)c4c(Sc5cccc(C)c5)c(Sc5cccc(C)c5)c5c(Sc6cccc(C)c6)c(Sc6cccc(C)c6)c6c(Sc7cccc(C)c7)c(Sc7cccc(C)c7)c2c2c3c4c5c62)c1. The molecule has 0 aliphatic carbocycles. The van der Waals surface area contributed by atoms with E-state index in [9.17, 15) is 0 Å². The highest BCUT2D eigenvalue weighted by Crippen LogP contribution is 2.69. The molecule has 16 aromatic rings. The molecule has 0 amide bonds. The van der Waals surface area contributed by atoms with Crippen LogP contribution in [0, 0.1) is 69.2 Å². The Balaban J connectivity index is 1.26. The van der Waals surface area contributed by atoms with Crippen LogP contribution < -0.4 is 0 Å². The quantitative estimate of drug-likeness (QED) is 0.0674. The van der Waals surface area contributed by atoms with E-state index in [1.807, 2.05) is 118 Å². The van der Waals surface area contributed by atoms with E-state index in [0.29, 0.717) is 0 Å². The molecule has 0 spiro atoms. The van der Waals surface area contributed by atoms with E-state index < -0.39 is 0 Å². The van der Waals surface area contributed by atoms with Crippen molar-refractivity contribution in [3.05, 3.63) is 298 Å². The van der Waals surface area contributed by atoms with E-state index in [-0.39, 0.29) is 0 Å². The molecule has 0 N–H and O–H groups in total. The Morgan fingerprint density at radius 1 is 0.130 bits per heavy atom. The van der Waals surface area contributed by atoms with Crippen LogP contribution in [0.3, 0.4) is 0 Å². The van der Waals surface area contributed by atoms with E-state index in [0.717, 1.165) is 0 Å². The van der Waals surface area contributed by atoms with Gasteiger partial charge in [0.1, 0.15) is 0 Å². The molecule has 0 heterocycles. The molecule has 0 saturated heterocycles. The van der Waals surface area contributed by atoms with Crippen molar-refractivity contribution in [3.8, 4) is 0 Å². The van der Waals surface area contributed by atoms with Crippen LogP contribution in [0.15, 0.2) is 341 Å². The van der Waals surface area contributed by atoms with Crippen LogP contribution in [-0.4, -0.2) is 0 Å². The molecule has 0 fully saturated rings. The second-order valence-corrected chi connectivity index (χ2v) is 37.1. The summed E-state index contributed by atoms with van der Waals surface area (Å²) in [5, 5.41) is 13.2. The lowest BCUT2D eigenvalue weighted by molar-refractivity contribution is 1.20. The van der Waals surface area contributed by atoms with Crippen molar-refractivity contribution >= 4 is 171 Å². The van der Waals surface area contributed by atoms with Crippen molar-refractivity contribution in [2.24, 2.45) is 0 Å². The van der Waals surface area contributed by atoms with Crippen molar-refractivity contribution < 1.29 is 0 Å². The van der Waals surface area contributed by atoms with Crippen LogP contribution in [0.25, 0.3) is 53.9 Å². The Morgan fingerprint density at radius 3 is 0.320 bits per heavy atom. The van der Waals surface area contributed by atoms with Gasteiger partial charge < -0.3 is 0 Å². The molecule has 0 bridgehead atoms. The molecule has 0 aromatic heterocycles. The predicted molar refractivity (Wildman–Crippen MR) is 441 cm³/mol. The van der Waals surface area contributed by atoms with Crippen molar-refractivity contribution in [3.63, 3.8) is 0 Å². The molecule has 100 heavy (non-hydrogen) atoms. The van der Waals surface area contributed by atoms with E-state index in [1.165, 1.54) is 207 Å². The smallest absolute Gasteiger partial charge is 0.0359 e. The number of aryl methyl sites for hydroxylation is 10. The number of hydrogen-bond acceptors (Lipinski definition) is 10. The van der Waals surface area contributed by atoms with E-state index in [4.69, 9.17) is 0 Å². The minimum Gasteiger partial charge on any atom is -0.0882 e. The second-order valence-electron chi connectivity index (χ2n) is 26.2. The van der Waals surface area contributed by atoms with Crippen molar-refractivity contribution in [1.82, 2.24) is 0 Å². The topological polar surface area (TPSA) is 0 Å². The molecule has 0 aliphatic rings. The van der Waals surface area contributed by atoms with Crippen LogP contribution in [0.4, 0.5) is 0 Å². The van der Waals surface area contributed by atoms with Gasteiger partial charge in [0, 0.05) is 152 Å². The first-order valence-corrected chi connectivity index (χ1v) is 41.7. The largest absolute Gasteiger partial charge is 0.0882 e. The summed E-state index contributed by atoms with van der Waals surface area (Å²) in [5.74, 6) is 0. The molecule has 10 heteroatoms. The molecule has 0 unspecified atom stereocenters. The fourth-order valence-corrected chi connectivity index (χ4v) is 26.5. The summed E-state index contributed by atoms with van der Waals surface area (Å²) in [6.45, 7) is 22.5. The minimum absolute atomic E-state index is 1.21. The Labute approximate surface area is 630 Å². The molecular weight excluding hydrogens is 1400 g/mol. The first-order valence-electron chi connectivity index (χ1n) is 33.5. The maximum absolute atomic E-state index is 2.41. The molecule has 16 aromatic carbocycles. The van der Waals surface area contributed by atoms with Gasteiger partial charge in [-0.3, -0.25) is 0 Å². The summed E-state index contributed by atoms with van der Waals surface area (Å²) in [5.41, 5.74) is 12.4. The highest BCUT2D eigenvalue weighted by molar-refractivity contribution is 8.05. The van der Waals surface area contributed by atoms with Crippen LogP contribution in [0.1, 0.15) is 55.6 Å². The monoisotopic (exact) mass is 1470 g/mol. The lowest BCUT2D eigenvalue weighted by atomic mass is 9.99. The zero-order chi connectivity index (χ0) is 68.4. The van der Waals surface area contributed by atoms with Crippen molar-refractivity contribution in [2.75, 3.05) is 0 Å². The average Bonchev–Trinajstić information content (AvgIpc) is 1.48. The molecule has 0 radical (unpaired) electrons. The van der Waals surface area contributed by atoms with Gasteiger partial charge in [-0.2, -0.15) is 0 Å². The Bertz CT molecular complexity index is 4670. The third-order valence-corrected chi connectivity index (χ3v) is 29.6. The lowest BCUT2D eigenvalue weighted by Crippen LogP contribution is -1.97. The standard InChI is InChI=1S/C90H70S10/c1-51-21-11-31-61(41-51)91-81-76-71-72-74-75-73(71)78(85(95-65-35-15-25-55(5)45-65)83(76)93-63-33-13-23-53(3)43-63)87(97-67-37-17-27-57(7)47-67)89(99-69-39-19-29-59(9)49-69)80(75)90(100-70-40-20-30-60(10)50-70)88(98-68-38-18-28-58(8)48-68)79(74)86(96-66-36-16-26-56(6)46-66)84(94-64-34-14-24-54(4)44-64)77(72)82(81)92-62-32-12-22-52(2)42-62/h11-50H,1-10H3. The van der Waals surface area contributed by atoms with E-state index >= 15 is 0 Å². The lowest BCUT2D eigenvalue weighted by Gasteiger charge is -2.25. The van der Waals surface area contributed by atoms with Gasteiger partial charge in [0.15, 0.2) is 0 Å². The van der Waals surface area contributed by atoms with Crippen LogP contribution in [-0.2, 0) is 0 Å². The van der Waals surface area contributed by atoms with Gasteiger partial charge in [0.2, 0.25) is 0 Å².